The van der Waals surface area contributed by atoms with Gasteiger partial charge in [-0.05, 0) is 61.7 Å². The standard InChI is InChI=1S/C19H21N3O3S2/c1-5-17(23)20-19-21-18-13(4)8-14(10-16(18)26-19)22-27(24,25)15-7-6-11(2)12(3)9-15/h6-10,22H,5H2,1-4H3,(H,20,21,23). The van der Waals surface area contributed by atoms with Crippen LogP contribution < -0.4 is 10.0 Å². The number of fused-ring (bicyclic) bond motifs is 1. The summed E-state index contributed by atoms with van der Waals surface area (Å²) >= 11 is 1.32. The van der Waals surface area contributed by atoms with Gasteiger partial charge in [0, 0.05) is 6.42 Å². The number of nitrogens with zero attached hydrogens (tertiary/aromatic N) is 1. The van der Waals surface area contributed by atoms with Crippen molar-refractivity contribution >= 4 is 48.3 Å². The minimum absolute atomic E-state index is 0.109. The van der Waals surface area contributed by atoms with Crippen molar-refractivity contribution in [2.45, 2.75) is 39.0 Å². The van der Waals surface area contributed by atoms with Crippen LogP contribution >= 0.6 is 11.3 Å². The van der Waals surface area contributed by atoms with Crippen LogP contribution in [0.2, 0.25) is 0 Å². The molecule has 0 saturated heterocycles. The predicted octanol–water partition coefficient (Wildman–Crippen LogP) is 4.37. The number of anilines is 2. The summed E-state index contributed by atoms with van der Waals surface area (Å²) < 4.78 is 28.9. The molecule has 3 aromatic rings. The molecule has 0 atom stereocenters. The van der Waals surface area contributed by atoms with E-state index in [2.05, 4.69) is 15.0 Å². The van der Waals surface area contributed by atoms with Crippen LogP contribution in [0.1, 0.15) is 30.0 Å². The molecule has 8 heteroatoms. The van der Waals surface area contributed by atoms with Crippen LogP contribution in [0.3, 0.4) is 0 Å². The SMILES string of the molecule is CCC(=O)Nc1nc2c(C)cc(NS(=O)(=O)c3ccc(C)c(C)c3)cc2s1. The quantitative estimate of drug-likeness (QED) is 0.662. The van der Waals surface area contributed by atoms with Crippen molar-refractivity contribution in [2.75, 3.05) is 10.0 Å². The molecule has 142 valence electrons. The molecular formula is C19H21N3O3S2. The number of aryl methyl sites for hydroxylation is 3. The summed E-state index contributed by atoms with van der Waals surface area (Å²) in [6, 6.07) is 8.53. The van der Waals surface area contributed by atoms with Crippen molar-refractivity contribution in [1.82, 2.24) is 4.98 Å². The first-order valence-electron chi connectivity index (χ1n) is 8.50. The van der Waals surface area contributed by atoms with Crippen LogP contribution in [0.5, 0.6) is 0 Å². The lowest BCUT2D eigenvalue weighted by atomic mass is 10.1. The van der Waals surface area contributed by atoms with Gasteiger partial charge in [0.2, 0.25) is 5.91 Å². The van der Waals surface area contributed by atoms with Crippen molar-refractivity contribution in [3.63, 3.8) is 0 Å². The molecule has 2 aromatic carbocycles. The van der Waals surface area contributed by atoms with Gasteiger partial charge in [0.1, 0.15) is 0 Å². The van der Waals surface area contributed by atoms with E-state index in [0.29, 0.717) is 17.2 Å². The molecule has 0 aliphatic heterocycles. The van der Waals surface area contributed by atoms with Gasteiger partial charge in [-0.3, -0.25) is 9.52 Å². The second-order valence-electron chi connectivity index (χ2n) is 6.41. The molecule has 0 bridgehead atoms. The van der Waals surface area contributed by atoms with E-state index in [1.807, 2.05) is 20.8 Å². The summed E-state index contributed by atoms with van der Waals surface area (Å²) in [5, 5.41) is 3.25. The Morgan fingerprint density at radius 2 is 1.81 bits per heavy atom. The maximum Gasteiger partial charge on any atom is 0.261 e. The maximum absolute atomic E-state index is 12.7. The van der Waals surface area contributed by atoms with E-state index < -0.39 is 10.0 Å². The van der Waals surface area contributed by atoms with E-state index >= 15 is 0 Å². The highest BCUT2D eigenvalue weighted by molar-refractivity contribution is 7.92. The Morgan fingerprint density at radius 3 is 2.48 bits per heavy atom. The number of nitrogens with one attached hydrogen (secondary N) is 2. The smallest absolute Gasteiger partial charge is 0.261 e. The van der Waals surface area contributed by atoms with Crippen LogP contribution in [-0.2, 0) is 14.8 Å². The zero-order valence-electron chi connectivity index (χ0n) is 15.6. The molecule has 0 unspecified atom stereocenters. The largest absolute Gasteiger partial charge is 0.302 e. The first kappa shape index (κ1) is 19.3. The van der Waals surface area contributed by atoms with Gasteiger partial charge < -0.3 is 5.32 Å². The van der Waals surface area contributed by atoms with Gasteiger partial charge in [-0.1, -0.05) is 24.3 Å². The number of carbonyl (C=O) groups excluding carboxylic acids is 1. The number of hydrogen-bond donors (Lipinski definition) is 2. The fraction of sp³-hybridized carbons (Fsp3) is 0.263. The highest BCUT2D eigenvalue weighted by atomic mass is 32.2. The molecule has 0 saturated carbocycles. The minimum atomic E-state index is -3.69. The van der Waals surface area contributed by atoms with Gasteiger partial charge in [0.15, 0.2) is 5.13 Å². The molecule has 3 rings (SSSR count). The number of aromatic nitrogens is 1. The number of carbonyl (C=O) groups is 1. The average Bonchev–Trinajstić information content (AvgIpc) is 2.99. The highest BCUT2D eigenvalue weighted by Crippen LogP contribution is 2.32. The van der Waals surface area contributed by atoms with Crippen molar-refractivity contribution in [2.24, 2.45) is 0 Å². The van der Waals surface area contributed by atoms with Gasteiger partial charge in [0.25, 0.3) is 10.0 Å². The molecule has 1 amide bonds. The lowest BCUT2D eigenvalue weighted by molar-refractivity contribution is -0.115. The number of benzene rings is 2. The molecule has 1 aromatic heterocycles. The molecule has 27 heavy (non-hydrogen) atoms. The fourth-order valence-corrected chi connectivity index (χ4v) is 4.74. The third-order valence-corrected chi connectivity index (χ3v) is 6.59. The normalized spacial score (nSPS) is 11.6. The molecule has 0 aliphatic carbocycles. The van der Waals surface area contributed by atoms with E-state index in [1.54, 1.807) is 37.3 Å². The minimum Gasteiger partial charge on any atom is -0.302 e. The van der Waals surface area contributed by atoms with E-state index in [9.17, 15) is 13.2 Å². The van der Waals surface area contributed by atoms with Gasteiger partial charge >= 0.3 is 0 Å². The lowest BCUT2D eigenvalue weighted by Crippen LogP contribution is -2.13. The van der Waals surface area contributed by atoms with Gasteiger partial charge in [-0.2, -0.15) is 0 Å². The fourth-order valence-electron chi connectivity index (χ4n) is 2.61. The van der Waals surface area contributed by atoms with E-state index in [0.717, 1.165) is 26.9 Å². The second-order valence-corrected chi connectivity index (χ2v) is 9.13. The van der Waals surface area contributed by atoms with Crippen LogP contribution in [-0.4, -0.2) is 19.3 Å². The Labute approximate surface area is 162 Å². The van der Waals surface area contributed by atoms with Crippen LogP contribution in [0.4, 0.5) is 10.8 Å². The lowest BCUT2D eigenvalue weighted by Gasteiger charge is -2.10. The third kappa shape index (κ3) is 4.12. The van der Waals surface area contributed by atoms with E-state index in [-0.39, 0.29) is 10.8 Å². The summed E-state index contributed by atoms with van der Waals surface area (Å²) in [6.07, 6.45) is 0.371. The summed E-state index contributed by atoms with van der Waals surface area (Å²) in [7, 11) is -3.69. The van der Waals surface area contributed by atoms with Crippen LogP contribution in [0.15, 0.2) is 35.2 Å². The molecule has 0 spiro atoms. The first-order valence-corrected chi connectivity index (χ1v) is 10.8. The first-order chi connectivity index (χ1) is 12.7. The van der Waals surface area contributed by atoms with Crippen molar-refractivity contribution in [3.05, 3.63) is 47.0 Å². The van der Waals surface area contributed by atoms with Crippen LogP contribution in [0, 0.1) is 20.8 Å². The molecule has 0 aliphatic rings. The summed E-state index contributed by atoms with van der Waals surface area (Å²) in [5.41, 5.74) is 4.01. The zero-order valence-corrected chi connectivity index (χ0v) is 17.2. The average molecular weight is 404 g/mol. The zero-order chi connectivity index (χ0) is 19.8. The summed E-state index contributed by atoms with van der Waals surface area (Å²) in [4.78, 5) is 16.2. The van der Waals surface area contributed by atoms with Crippen LogP contribution in [0.25, 0.3) is 10.2 Å². The summed E-state index contributed by atoms with van der Waals surface area (Å²) in [5.74, 6) is -0.109. The highest BCUT2D eigenvalue weighted by Gasteiger charge is 2.17. The van der Waals surface area contributed by atoms with Crippen molar-refractivity contribution in [3.8, 4) is 0 Å². The Balaban J connectivity index is 1.94. The number of thiazole rings is 1. The second kappa shape index (κ2) is 7.28. The third-order valence-electron chi connectivity index (χ3n) is 4.29. The molecule has 1 heterocycles. The predicted molar refractivity (Wildman–Crippen MR) is 110 cm³/mol. The molecule has 0 radical (unpaired) electrons. The Hall–Kier alpha value is -2.45. The topological polar surface area (TPSA) is 88.2 Å². The number of rotatable bonds is 5. The number of amides is 1. The molecule has 6 nitrogen and oxygen atoms in total. The molecule has 0 fully saturated rings. The molecular weight excluding hydrogens is 382 g/mol. The Kier molecular flexibility index (Phi) is 5.21. The van der Waals surface area contributed by atoms with Gasteiger partial charge in [-0.25, -0.2) is 13.4 Å². The number of hydrogen-bond acceptors (Lipinski definition) is 5. The maximum atomic E-state index is 12.7. The molecule has 2 N–H and O–H groups in total. The van der Waals surface area contributed by atoms with Crippen molar-refractivity contribution < 1.29 is 13.2 Å². The van der Waals surface area contributed by atoms with Gasteiger partial charge in [0.05, 0.1) is 20.8 Å². The van der Waals surface area contributed by atoms with Crippen molar-refractivity contribution in [1.29, 1.82) is 0 Å². The van der Waals surface area contributed by atoms with E-state index in [4.69, 9.17) is 0 Å². The Bertz CT molecular complexity index is 1130. The monoisotopic (exact) mass is 403 g/mol. The van der Waals surface area contributed by atoms with E-state index in [1.165, 1.54) is 11.3 Å². The van der Waals surface area contributed by atoms with Gasteiger partial charge in [-0.15, -0.1) is 0 Å². The summed E-state index contributed by atoms with van der Waals surface area (Å²) in [6.45, 7) is 7.46. The number of sulfonamides is 1. The Morgan fingerprint density at radius 1 is 1.07 bits per heavy atom.